The first-order chi connectivity index (χ1) is 13.9. The zero-order chi connectivity index (χ0) is 20.5. The fourth-order valence-corrected chi connectivity index (χ4v) is 3.96. The van der Waals surface area contributed by atoms with E-state index >= 15 is 0 Å². The van der Waals surface area contributed by atoms with Crippen LogP contribution in [0.4, 0.5) is 17.5 Å². The van der Waals surface area contributed by atoms with Crippen molar-refractivity contribution in [3.05, 3.63) is 41.7 Å². The van der Waals surface area contributed by atoms with Crippen LogP contribution in [0.1, 0.15) is 41.7 Å². The summed E-state index contributed by atoms with van der Waals surface area (Å²) >= 11 is 0. The number of amides is 1. The quantitative estimate of drug-likeness (QED) is 0.528. The summed E-state index contributed by atoms with van der Waals surface area (Å²) in [6, 6.07) is 8.27. The molecule has 6 N–H and O–H groups in total. The second-order valence-corrected chi connectivity index (χ2v) is 7.73. The summed E-state index contributed by atoms with van der Waals surface area (Å²) in [6.07, 6.45) is 5.70. The molecule has 1 amide bonds. The van der Waals surface area contributed by atoms with Gasteiger partial charge in [0.15, 0.2) is 0 Å². The third kappa shape index (κ3) is 3.75. The lowest BCUT2D eigenvalue weighted by atomic mass is 9.91. The van der Waals surface area contributed by atoms with Gasteiger partial charge in [0.1, 0.15) is 11.4 Å². The maximum absolute atomic E-state index is 11.9. The molecule has 0 radical (unpaired) electrons. The van der Waals surface area contributed by atoms with E-state index in [1.807, 2.05) is 19.2 Å². The Kier molecular flexibility index (Phi) is 5.10. The van der Waals surface area contributed by atoms with E-state index in [0.717, 1.165) is 48.0 Å². The Labute approximate surface area is 169 Å². The van der Waals surface area contributed by atoms with Gasteiger partial charge >= 0.3 is 0 Å². The molecule has 0 bridgehead atoms. The Morgan fingerprint density at radius 3 is 2.83 bits per heavy atom. The summed E-state index contributed by atoms with van der Waals surface area (Å²) in [5, 5.41) is 7.67. The number of fused-ring (bicyclic) bond motifs is 1. The van der Waals surface area contributed by atoms with E-state index < -0.39 is 5.91 Å². The van der Waals surface area contributed by atoms with E-state index in [-0.39, 0.29) is 17.6 Å². The first kappa shape index (κ1) is 19.2. The summed E-state index contributed by atoms with van der Waals surface area (Å²) in [5.74, 6) is 0.245. The third-order valence-corrected chi connectivity index (χ3v) is 5.77. The van der Waals surface area contributed by atoms with Crippen LogP contribution >= 0.6 is 0 Å². The number of carbonyl (C=O) groups is 1. The molecule has 2 aromatic heterocycles. The number of primary amides is 1. The van der Waals surface area contributed by atoms with Crippen molar-refractivity contribution in [3.8, 4) is 0 Å². The van der Waals surface area contributed by atoms with Crippen molar-refractivity contribution < 1.29 is 4.79 Å². The van der Waals surface area contributed by atoms with Gasteiger partial charge in [0, 0.05) is 42.1 Å². The van der Waals surface area contributed by atoms with Crippen molar-refractivity contribution >= 4 is 34.3 Å². The summed E-state index contributed by atoms with van der Waals surface area (Å²) in [5.41, 5.74) is 15.1. The molecule has 1 aliphatic rings. The van der Waals surface area contributed by atoms with Crippen LogP contribution in [0.15, 0.2) is 30.5 Å². The van der Waals surface area contributed by atoms with E-state index in [1.165, 1.54) is 6.20 Å². The van der Waals surface area contributed by atoms with Crippen LogP contribution in [0.3, 0.4) is 0 Å². The fraction of sp³-hybridized carbons (Fsp3) is 0.381. The largest absolute Gasteiger partial charge is 0.365 e. The van der Waals surface area contributed by atoms with E-state index in [2.05, 4.69) is 44.2 Å². The molecule has 1 saturated carbocycles. The standard InChI is InChI=1S/C21H27N7O/c1-12-10-13-16(8-5-9-18(13)28(12)2)25-20-14(19(23)29)11-24-21(27-20)26-17-7-4-3-6-15(17)22/h5,8-11,15,17H,3-4,6-7,22H2,1-2H3,(H2,23,29)(H2,24,25,26,27)/t15-,17+/m0/s1. The number of aryl methyl sites for hydroxylation is 2. The highest BCUT2D eigenvalue weighted by Gasteiger charge is 2.23. The Hall–Kier alpha value is -3.13. The monoisotopic (exact) mass is 393 g/mol. The van der Waals surface area contributed by atoms with Gasteiger partial charge in [-0.15, -0.1) is 0 Å². The molecule has 8 heteroatoms. The average Bonchev–Trinajstić information content (AvgIpc) is 2.99. The molecular weight excluding hydrogens is 366 g/mol. The van der Waals surface area contributed by atoms with Crippen molar-refractivity contribution in [2.45, 2.75) is 44.7 Å². The smallest absolute Gasteiger partial charge is 0.254 e. The minimum Gasteiger partial charge on any atom is -0.365 e. The van der Waals surface area contributed by atoms with Gasteiger partial charge in [-0.05, 0) is 38.0 Å². The van der Waals surface area contributed by atoms with Crippen LogP contribution in [0, 0.1) is 6.92 Å². The van der Waals surface area contributed by atoms with Gasteiger partial charge in [-0.25, -0.2) is 4.98 Å². The molecule has 2 heterocycles. The highest BCUT2D eigenvalue weighted by molar-refractivity contribution is 6.00. The topological polar surface area (TPSA) is 124 Å². The first-order valence-electron chi connectivity index (χ1n) is 9.95. The Bertz CT molecular complexity index is 1060. The van der Waals surface area contributed by atoms with Crippen LogP contribution in [-0.4, -0.2) is 32.5 Å². The molecule has 8 nitrogen and oxygen atoms in total. The zero-order valence-corrected chi connectivity index (χ0v) is 16.8. The number of rotatable bonds is 5. The molecule has 0 aliphatic heterocycles. The van der Waals surface area contributed by atoms with Crippen molar-refractivity contribution in [1.29, 1.82) is 0 Å². The van der Waals surface area contributed by atoms with E-state index in [1.54, 1.807) is 0 Å². The summed E-state index contributed by atoms with van der Waals surface area (Å²) in [6.45, 7) is 2.05. The van der Waals surface area contributed by atoms with E-state index in [0.29, 0.717) is 11.8 Å². The van der Waals surface area contributed by atoms with Crippen LogP contribution in [0.25, 0.3) is 10.9 Å². The third-order valence-electron chi connectivity index (χ3n) is 5.77. The van der Waals surface area contributed by atoms with E-state index in [9.17, 15) is 4.79 Å². The van der Waals surface area contributed by atoms with Gasteiger partial charge in [0.2, 0.25) is 5.95 Å². The molecule has 0 spiro atoms. The lowest BCUT2D eigenvalue weighted by Crippen LogP contribution is -2.43. The lowest BCUT2D eigenvalue weighted by molar-refractivity contribution is 0.100. The second kappa shape index (κ2) is 7.71. The molecule has 1 fully saturated rings. The molecule has 3 aromatic rings. The van der Waals surface area contributed by atoms with Crippen molar-refractivity contribution in [1.82, 2.24) is 14.5 Å². The number of carbonyl (C=O) groups excluding carboxylic acids is 1. The second-order valence-electron chi connectivity index (χ2n) is 7.73. The highest BCUT2D eigenvalue weighted by atomic mass is 16.1. The zero-order valence-electron chi connectivity index (χ0n) is 16.8. The molecule has 1 aliphatic carbocycles. The molecule has 1 aromatic carbocycles. The minimum absolute atomic E-state index is 0.0700. The predicted molar refractivity (Wildman–Crippen MR) is 115 cm³/mol. The molecule has 4 rings (SSSR count). The molecule has 2 atom stereocenters. The Balaban J connectivity index is 1.68. The number of aromatic nitrogens is 3. The number of hydrogen-bond donors (Lipinski definition) is 4. The van der Waals surface area contributed by atoms with Gasteiger partial charge < -0.3 is 26.7 Å². The minimum atomic E-state index is -0.579. The SMILES string of the molecule is Cc1cc2c(Nc3nc(N[C@@H]4CCCC[C@@H]4N)ncc3C(N)=O)cccc2n1C. The van der Waals surface area contributed by atoms with Crippen molar-refractivity contribution in [2.75, 3.05) is 10.6 Å². The summed E-state index contributed by atoms with van der Waals surface area (Å²) in [7, 11) is 2.02. The Morgan fingerprint density at radius 1 is 1.28 bits per heavy atom. The van der Waals surface area contributed by atoms with Crippen LogP contribution in [0.5, 0.6) is 0 Å². The number of hydrogen-bond acceptors (Lipinski definition) is 6. The molecule has 0 saturated heterocycles. The summed E-state index contributed by atoms with van der Waals surface area (Å²) in [4.78, 5) is 20.8. The number of nitrogens with two attached hydrogens (primary N) is 2. The fourth-order valence-electron chi connectivity index (χ4n) is 3.96. The number of benzene rings is 1. The maximum atomic E-state index is 11.9. The number of nitrogens with one attached hydrogen (secondary N) is 2. The normalized spacial score (nSPS) is 19.3. The molecule has 0 unspecified atom stereocenters. The van der Waals surface area contributed by atoms with Gasteiger partial charge in [-0.1, -0.05) is 18.9 Å². The van der Waals surface area contributed by atoms with Crippen LogP contribution in [-0.2, 0) is 7.05 Å². The van der Waals surface area contributed by atoms with Gasteiger partial charge in [-0.2, -0.15) is 4.98 Å². The van der Waals surface area contributed by atoms with E-state index in [4.69, 9.17) is 11.5 Å². The van der Waals surface area contributed by atoms with Gasteiger partial charge in [0.25, 0.3) is 5.91 Å². The highest BCUT2D eigenvalue weighted by Crippen LogP contribution is 2.29. The predicted octanol–water partition coefficient (Wildman–Crippen LogP) is 2.80. The van der Waals surface area contributed by atoms with Crippen LogP contribution in [0.2, 0.25) is 0 Å². The average molecular weight is 393 g/mol. The molecule has 29 heavy (non-hydrogen) atoms. The van der Waals surface area contributed by atoms with Gasteiger partial charge in [-0.3, -0.25) is 4.79 Å². The lowest BCUT2D eigenvalue weighted by Gasteiger charge is -2.29. The van der Waals surface area contributed by atoms with Crippen LogP contribution < -0.4 is 22.1 Å². The summed E-state index contributed by atoms with van der Waals surface area (Å²) < 4.78 is 2.12. The number of nitrogens with zero attached hydrogens (tertiary/aromatic N) is 3. The number of anilines is 3. The molecular formula is C21H27N7O. The van der Waals surface area contributed by atoms with Gasteiger partial charge in [0.05, 0.1) is 5.52 Å². The Morgan fingerprint density at radius 2 is 2.07 bits per heavy atom. The van der Waals surface area contributed by atoms with Crippen molar-refractivity contribution in [3.63, 3.8) is 0 Å². The van der Waals surface area contributed by atoms with Crippen molar-refractivity contribution in [2.24, 2.45) is 18.5 Å². The maximum Gasteiger partial charge on any atom is 0.254 e. The molecule has 152 valence electrons. The first-order valence-corrected chi connectivity index (χ1v) is 9.95.